The number of rotatable bonds is 5. The summed E-state index contributed by atoms with van der Waals surface area (Å²) in [6.07, 6.45) is -1.63. The molecule has 0 aliphatic carbocycles. The second-order valence-electron chi connectivity index (χ2n) is 7.00. The first-order valence-electron chi connectivity index (χ1n) is 9.66. The molecule has 7 heteroatoms. The highest BCUT2D eigenvalue weighted by atomic mass is 19.4. The highest BCUT2D eigenvalue weighted by Crippen LogP contribution is 2.31. The summed E-state index contributed by atoms with van der Waals surface area (Å²) in [6.45, 7) is 2.04. The van der Waals surface area contributed by atoms with Crippen molar-refractivity contribution in [3.05, 3.63) is 76.6 Å². The standard InChI is InChI=1S/C24H18F6O/c1-2-3-4-5-16-13-20(25)19(21(26)14-16)10-7-15-6-9-18-17(12-15)8-11-22(23(18)27)31-24(28,29)30/h6,8-9,11-14H,2-5H2,1H3. The van der Waals surface area contributed by atoms with E-state index < -0.39 is 29.6 Å². The summed E-state index contributed by atoms with van der Waals surface area (Å²) in [4.78, 5) is 0. The van der Waals surface area contributed by atoms with Crippen LogP contribution in [0.1, 0.15) is 42.9 Å². The van der Waals surface area contributed by atoms with E-state index in [1.807, 2.05) is 6.92 Å². The van der Waals surface area contributed by atoms with Crippen molar-refractivity contribution >= 4 is 10.8 Å². The van der Waals surface area contributed by atoms with Crippen molar-refractivity contribution in [3.63, 3.8) is 0 Å². The lowest BCUT2D eigenvalue weighted by Crippen LogP contribution is -2.17. The number of hydrogen-bond donors (Lipinski definition) is 0. The van der Waals surface area contributed by atoms with Crippen LogP contribution < -0.4 is 4.74 Å². The molecule has 3 aromatic carbocycles. The van der Waals surface area contributed by atoms with Crippen molar-refractivity contribution in [1.82, 2.24) is 0 Å². The van der Waals surface area contributed by atoms with E-state index in [9.17, 15) is 26.3 Å². The highest BCUT2D eigenvalue weighted by molar-refractivity contribution is 5.86. The summed E-state index contributed by atoms with van der Waals surface area (Å²) >= 11 is 0. The molecular formula is C24H18F6O. The lowest BCUT2D eigenvalue weighted by Gasteiger charge is -2.11. The van der Waals surface area contributed by atoms with Gasteiger partial charge < -0.3 is 4.74 Å². The Morgan fingerprint density at radius 1 is 0.871 bits per heavy atom. The Hall–Kier alpha value is -3.14. The van der Waals surface area contributed by atoms with Crippen LogP contribution in [-0.4, -0.2) is 6.36 Å². The van der Waals surface area contributed by atoms with E-state index in [-0.39, 0.29) is 16.3 Å². The summed E-state index contributed by atoms with van der Waals surface area (Å²) in [5.41, 5.74) is 0.508. The monoisotopic (exact) mass is 436 g/mol. The Morgan fingerprint density at radius 2 is 1.58 bits per heavy atom. The number of halogens is 6. The van der Waals surface area contributed by atoms with Gasteiger partial charge in [0.25, 0.3) is 0 Å². The molecule has 0 atom stereocenters. The Morgan fingerprint density at radius 3 is 2.23 bits per heavy atom. The molecule has 0 fully saturated rings. The molecule has 0 saturated heterocycles. The van der Waals surface area contributed by atoms with E-state index in [4.69, 9.17) is 0 Å². The zero-order valence-electron chi connectivity index (χ0n) is 16.5. The first kappa shape index (κ1) is 22.5. The predicted molar refractivity (Wildman–Crippen MR) is 106 cm³/mol. The second-order valence-corrected chi connectivity index (χ2v) is 7.00. The summed E-state index contributed by atoms with van der Waals surface area (Å²) < 4.78 is 83.6. The van der Waals surface area contributed by atoms with E-state index in [1.54, 1.807) is 0 Å². The largest absolute Gasteiger partial charge is 0.573 e. The third kappa shape index (κ3) is 5.72. The molecule has 0 aromatic heterocycles. The number of fused-ring (bicyclic) bond motifs is 1. The van der Waals surface area contributed by atoms with E-state index in [1.165, 1.54) is 36.4 Å². The number of aryl methyl sites for hydroxylation is 1. The van der Waals surface area contributed by atoms with Gasteiger partial charge in [0.2, 0.25) is 0 Å². The smallest absolute Gasteiger partial charge is 0.403 e. The number of benzene rings is 3. The van der Waals surface area contributed by atoms with Crippen LogP contribution in [-0.2, 0) is 6.42 Å². The van der Waals surface area contributed by atoms with Gasteiger partial charge in [-0.1, -0.05) is 43.7 Å². The molecule has 0 aliphatic heterocycles. The lowest BCUT2D eigenvalue weighted by molar-refractivity contribution is -0.275. The normalized spacial score (nSPS) is 11.3. The molecule has 162 valence electrons. The second kappa shape index (κ2) is 9.34. The lowest BCUT2D eigenvalue weighted by atomic mass is 10.0. The number of unbranched alkanes of at least 4 members (excludes halogenated alkanes) is 2. The maximum Gasteiger partial charge on any atom is 0.573 e. The molecular weight excluding hydrogens is 418 g/mol. The number of ether oxygens (including phenoxy) is 1. The van der Waals surface area contributed by atoms with E-state index >= 15 is 0 Å². The third-order valence-electron chi connectivity index (χ3n) is 4.65. The Bertz CT molecular complexity index is 1130. The molecule has 0 unspecified atom stereocenters. The van der Waals surface area contributed by atoms with Crippen LogP contribution in [0.5, 0.6) is 5.75 Å². The summed E-state index contributed by atoms with van der Waals surface area (Å²) in [5.74, 6) is 1.43. The van der Waals surface area contributed by atoms with Crippen LogP contribution in [0.15, 0.2) is 42.5 Å². The molecule has 1 nitrogen and oxygen atoms in total. The zero-order chi connectivity index (χ0) is 22.6. The fraction of sp³-hybridized carbons (Fsp3) is 0.250. The SMILES string of the molecule is CCCCCc1cc(F)c(C#Cc2ccc3c(F)c(OC(F)(F)F)ccc3c2)c(F)c1. The molecule has 31 heavy (non-hydrogen) atoms. The van der Waals surface area contributed by atoms with E-state index in [2.05, 4.69) is 16.6 Å². The van der Waals surface area contributed by atoms with Gasteiger partial charge in [0.15, 0.2) is 11.6 Å². The van der Waals surface area contributed by atoms with E-state index in [0.717, 1.165) is 25.3 Å². The number of hydrogen-bond acceptors (Lipinski definition) is 1. The van der Waals surface area contributed by atoms with Gasteiger partial charge in [0, 0.05) is 10.9 Å². The van der Waals surface area contributed by atoms with Crippen LogP contribution in [0.2, 0.25) is 0 Å². The van der Waals surface area contributed by atoms with E-state index in [0.29, 0.717) is 17.5 Å². The first-order chi connectivity index (χ1) is 14.7. The Kier molecular flexibility index (Phi) is 6.79. The Labute approximate surface area is 175 Å². The van der Waals surface area contributed by atoms with Crippen molar-refractivity contribution in [2.75, 3.05) is 0 Å². The molecule has 0 spiro atoms. The maximum absolute atomic E-state index is 14.3. The van der Waals surface area contributed by atoms with Gasteiger partial charge in [0.1, 0.15) is 11.6 Å². The third-order valence-corrected chi connectivity index (χ3v) is 4.65. The molecule has 0 saturated carbocycles. The van der Waals surface area contributed by atoms with Crippen molar-refractivity contribution in [2.45, 2.75) is 39.0 Å². The minimum Gasteiger partial charge on any atom is -0.403 e. The number of alkyl halides is 3. The maximum atomic E-state index is 14.3. The van der Waals surface area contributed by atoms with Crippen LogP contribution in [0.25, 0.3) is 10.8 Å². The fourth-order valence-electron chi connectivity index (χ4n) is 3.16. The van der Waals surface area contributed by atoms with Gasteiger partial charge in [-0.2, -0.15) is 0 Å². The zero-order valence-corrected chi connectivity index (χ0v) is 16.5. The van der Waals surface area contributed by atoms with Gasteiger partial charge >= 0.3 is 6.36 Å². The molecule has 0 bridgehead atoms. The summed E-state index contributed by atoms with van der Waals surface area (Å²) in [6, 6.07) is 8.64. The summed E-state index contributed by atoms with van der Waals surface area (Å²) in [7, 11) is 0. The van der Waals surface area contributed by atoms with Gasteiger partial charge in [-0.3, -0.25) is 0 Å². The highest BCUT2D eigenvalue weighted by Gasteiger charge is 2.32. The van der Waals surface area contributed by atoms with Crippen LogP contribution in [0.3, 0.4) is 0 Å². The van der Waals surface area contributed by atoms with Crippen molar-refractivity contribution in [3.8, 4) is 17.6 Å². The molecule has 0 radical (unpaired) electrons. The van der Waals surface area contributed by atoms with Crippen molar-refractivity contribution < 1.29 is 31.1 Å². The van der Waals surface area contributed by atoms with Gasteiger partial charge in [-0.25, -0.2) is 13.2 Å². The average Bonchev–Trinajstić information content (AvgIpc) is 2.69. The van der Waals surface area contributed by atoms with Crippen molar-refractivity contribution in [1.29, 1.82) is 0 Å². The van der Waals surface area contributed by atoms with Gasteiger partial charge in [-0.05, 0) is 54.1 Å². The molecule has 3 aromatic rings. The van der Waals surface area contributed by atoms with Gasteiger partial charge in [-0.15, -0.1) is 13.2 Å². The van der Waals surface area contributed by atoms with Gasteiger partial charge in [0.05, 0.1) is 5.56 Å². The molecule has 0 aliphatic rings. The topological polar surface area (TPSA) is 9.23 Å². The molecule has 0 heterocycles. The van der Waals surface area contributed by atoms with Crippen LogP contribution >= 0.6 is 0 Å². The molecule has 3 rings (SSSR count). The Balaban J connectivity index is 1.87. The van der Waals surface area contributed by atoms with Crippen LogP contribution in [0.4, 0.5) is 26.3 Å². The fourth-order valence-corrected chi connectivity index (χ4v) is 3.16. The quantitative estimate of drug-likeness (QED) is 0.232. The average molecular weight is 436 g/mol. The molecule has 0 N–H and O–H groups in total. The predicted octanol–water partition coefficient (Wildman–Crippen LogP) is 7.29. The minimum absolute atomic E-state index is 0.0962. The molecule has 0 amide bonds. The first-order valence-corrected chi connectivity index (χ1v) is 9.66. The minimum atomic E-state index is -5.01. The summed E-state index contributed by atoms with van der Waals surface area (Å²) in [5, 5.41) is 0.173. The van der Waals surface area contributed by atoms with Crippen LogP contribution in [0, 0.1) is 29.3 Å². The van der Waals surface area contributed by atoms with Crippen molar-refractivity contribution in [2.24, 2.45) is 0 Å².